The first-order valence-electron chi connectivity index (χ1n) is 7.81. The van der Waals surface area contributed by atoms with E-state index in [0.717, 1.165) is 0 Å². The monoisotopic (exact) mass is 245 g/mol. The molecule has 1 aromatic carbocycles. The summed E-state index contributed by atoms with van der Waals surface area (Å²) in [7, 11) is 0. The van der Waals surface area contributed by atoms with Crippen LogP contribution in [0.15, 0.2) is 24.3 Å². The van der Waals surface area contributed by atoms with Gasteiger partial charge in [-0.3, -0.25) is 0 Å². The fourth-order valence-corrected chi connectivity index (χ4v) is 2.45. The van der Waals surface area contributed by atoms with Gasteiger partial charge in [-0.15, -0.1) is 0 Å². The second-order valence-electron chi connectivity index (χ2n) is 5.48. The Morgan fingerprint density at radius 3 is 2.22 bits per heavy atom. The van der Waals surface area contributed by atoms with Gasteiger partial charge in [-0.2, -0.15) is 0 Å². The van der Waals surface area contributed by atoms with Gasteiger partial charge in [0.1, 0.15) is 0 Å². The summed E-state index contributed by atoms with van der Waals surface area (Å²) in [6.07, 6.45) is 12.6. The van der Waals surface area contributed by atoms with Crippen LogP contribution in [0.3, 0.4) is 0 Å². The van der Waals surface area contributed by atoms with E-state index in [2.05, 4.69) is 32.0 Å². The molecule has 0 fully saturated rings. The first kappa shape index (κ1) is 15.3. The van der Waals surface area contributed by atoms with E-state index in [9.17, 15) is 0 Å². The first-order chi connectivity index (χ1) is 8.84. The number of hydrogen-bond donors (Lipinski definition) is 0. The van der Waals surface area contributed by atoms with Crippen molar-refractivity contribution in [3.8, 4) is 0 Å². The van der Waals surface area contributed by atoms with Crippen LogP contribution in [0.5, 0.6) is 0 Å². The molecule has 0 nitrogen and oxygen atoms in total. The highest BCUT2D eigenvalue weighted by Crippen LogP contribution is 2.21. The Labute approximate surface area is 114 Å². The number of unbranched alkanes of at least 4 members (excludes halogenated alkanes) is 7. The predicted molar refractivity (Wildman–Crippen MR) is 80.9 cm³/mol. The van der Waals surface area contributed by atoms with E-state index in [1.54, 1.807) is 0 Å². The van der Waals surface area contributed by atoms with Crippen LogP contribution in [-0.2, 0) is 0 Å². The molecule has 18 heavy (non-hydrogen) atoms. The van der Waals surface area contributed by atoms with Crippen LogP contribution < -0.4 is 0 Å². The lowest BCUT2D eigenvalue weighted by molar-refractivity contribution is 0.543. The third kappa shape index (κ3) is 6.83. The normalized spacial score (nSPS) is 12.6. The molecule has 0 aliphatic rings. The van der Waals surface area contributed by atoms with E-state index in [4.69, 9.17) is 0 Å². The van der Waals surface area contributed by atoms with E-state index in [0.29, 0.717) is 5.92 Å². The Morgan fingerprint density at radius 1 is 0.944 bits per heavy atom. The Hall–Kier alpha value is -0.780. The van der Waals surface area contributed by atoms with Crippen LogP contribution in [0.1, 0.15) is 83.1 Å². The molecule has 0 heteroatoms. The van der Waals surface area contributed by atoms with Crippen molar-refractivity contribution in [2.45, 2.75) is 77.6 Å². The van der Waals surface area contributed by atoms with Crippen molar-refractivity contribution in [3.63, 3.8) is 0 Å². The molecule has 0 aliphatic heterocycles. The van der Waals surface area contributed by atoms with Crippen molar-refractivity contribution in [1.82, 2.24) is 0 Å². The number of hydrogen-bond acceptors (Lipinski definition) is 0. The molecule has 0 spiro atoms. The average Bonchev–Trinajstić information content (AvgIpc) is 2.42. The molecular formula is C18H29. The largest absolute Gasteiger partial charge is 0.0654 e. The van der Waals surface area contributed by atoms with Gasteiger partial charge in [0.05, 0.1) is 0 Å². The van der Waals surface area contributed by atoms with Crippen LogP contribution in [0.2, 0.25) is 0 Å². The highest BCUT2D eigenvalue weighted by molar-refractivity contribution is 5.16. The number of rotatable bonds is 10. The minimum absolute atomic E-state index is 0.672. The first-order valence-corrected chi connectivity index (χ1v) is 7.81. The van der Waals surface area contributed by atoms with E-state index in [-0.39, 0.29) is 0 Å². The van der Waals surface area contributed by atoms with Crippen LogP contribution in [0.25, 0.3) is 0 Å². The minimum Gasteiger partial charge on any atom is -0.0654 e. The Bertz CT molecular complexity index is 275. The third-order valence-corrected chi connectivity index (χ3v) is 3.75. The second-order valence-corrected chi connectivity index (χ2v) is 5.48. The summed E-state index contributed by atoms with van der Waals surface area (Å²) in [5.74, 6) is 0.672. The highest BCUT2D eigenvalue weighted by Gasteiger charge is 2.04. The fourth-order valence-electron chi connectivity index (χ4n) is 2.45. The molecule has 101 valence electrons. The van der Waals surface area contributed by atoms with E-state index in [1.165, 1.54) is 63.4 Å². The van der Waals surface area contributed by atoms with E-state index >= 15 is 0 Å². The topological polar surface area (TPSA) is 0 Å². The van der Waals surface area contributed by atoms with Crippen molar-refractivity contribution in [2.75, 3.05) is 0 Å². The van der Waals surface area contributed by atoms with Gasteiger partial charge in [0.15, 0.2) is 0 Å². The van der Waals surface area contributed by atoms with E-state index in [1.807, 2.05) is 12.1 Å². The zero-order valence-electron chi connectivity index (χ0n) is 12.3. The Morgan fingerprint density at radius 2 is 1.61 bits per heavy atom. The summed E-state index contributed by atoms with van der Waals surface area (Å²) in [5, 5.41) is 0. The van der Waals surface area contributed by atoms with Crippen LogP contribution in [-0.4, -0.2) is 0 Å². The van der Waals surface area contributed by atoms with Gasteiger partial charge < -0.3 is 0 Å². The van der Waals surface area contributed by atoms with Gasteiger partial charge in [-0.1, -0.05) is 89.5 Å². The molecule has 0 saturated heterocycles. The van der Waals surface area contributed by atoms with Crippen LogP contribution >= 0.6 is 0 Å². The predicted octanol–water partition coefficient (Wildman–Crippen LogP) is 6.12. The van der Waals surface area contributed by atoms with Crippen molar-refractivity contribution in [1.29, 1.82) is 0 Å². The van der Waals surface area contributed by atoms with Gasteiger partial charge in [-0.05, 0) is 24.0 Å². The Balaban J connectivity index is 1.98. The third-order valence-electron chi connectivity index (χ3n) is 3.75. The van der Waals surface area contributed by atoms with Crippen LogP contribution in [0.4, 0.5) is 0 Å². The van der Waals surface area contributed by atoms with Gasteiger partial charge in [0, 0.05) is 0 Å². The van der Waals surface area contributed by atoms with Crippen molar-refractivity contribution in [3.05, 3.63) is 35.9 Å². The summed E-state index contributed by atoms with van der Waals surface area (Å²) in [6, 6.07) is 11.7. The lowest BCUT2D eigenvalue weighted by atomic mass is 9.95. The maximum Gasteiger partial charge on any atom is -0.0146 e. The van der Waals surface area contributed by atoms with Crippen molar-refractivity contribution < 1.29 is 0 Å². The molecular weight excluding hydrogens is 216 g/mol. The average molecular weight is 245 g/mol. The zero-order valence-corrected chi connectivity index (χ0v) is 12.3. The number of benzene rings is 1. The van der Waals surface area contributed by atoms with Gasteiger partial charge in [0.2, 0.25) is 0 Å². The van der Waals surface area contributed by atoms with Gasteiger partial charge in [-0.25, -0.2) is 0 Å². The second kappa shape index (κ2) is 10.2. The quantitative estimate of drug-likeness (QED) is 0.435. The lowest BCUT2D eigenvalue weighted by Gasteiger charge is -2.11. The molecule has 0 aliphatic carbocycles. The molecule has 1 rings (SSSR count). The summed E-state index contributed by atoms with van der Waals surface area (Å²) >= 11 is 0. The highest BCUT2D eigenvalue weighted by atomic mass is 14.1. The van der Waals surface area contributed by atoms with Crippen LogP contribution in [0, 0.1) is 6.07 Å². The molecule has 1 aromatic rings. The molecule has 0 bridgehead atoms. The summed E-state index contributed by atoms with van der Waals surface area (Å²) in [4.78, 5) is 0. The molecule has 1 unspecified atom stereocenters. The maximum absolute atomic E-state index is 3.34. The minimum atomic E-state index is 0.672. The summed E-state index contributed by atoms with van der Waals surface area (Å²) in [6.45, 7) is 4.61. The molecule has 0 saturated carbocycles. The molecule has 1 atom stereocenters. The van der Waals surface area contributed by atoms with Crippen molar-refractivity contribution >= 4 is 0 Å². The molecule has 1 radical (unpaired) electrons. The maximum atomic E-state index is 3.34. The summed E-state index contributed by atoms with van der Waals surface area (Å²) < 4.78 is 0. The SMILES string of the molecule is CCCCCCCCCCC(C)c1[c]cccc1. The molecule has 0 amide bonds. The summed E-state index contributed by atoms with van der Waals surface area (Å²) in [5.41, 5.74) is 1.38. The lowest BCUT2D eigenvalue weighted by Crippen LogP contribution is -1.93. The zero-order chi connectivity index (χ0) is 13.1. The fraction of sp³-hybridized carbons (Fsp3) is 0.667. The van der Waals surface area contributed by atoms with Gasteiger partial charge >= 0.3 is 0 Å². The van der Waals surface area contributed by atoms with Gasteiger partial charge in [0.25, 0.3) is 0 Å². The Kier molecular flexibility index (Phi) is 8.63. The smallest absolute Gasteiger partial charge is 0.0146 e. The molecule has 0 heterocycles. The standard InChI is InChI=1S/C18H29/c1-3-4-5-6-7-8-9-11-14-17(2)18-15-12-10-13-16-18/h10,12-13,15,17H,3-9,11,14H2,1-2H3. The van der Waals surface area contributed by atoms with E-state index < -0.39 is 0 Å². The van der Waals surface area contributed by atoms with Crippen molar-refractivity contribution in [2.24, 2.45) is 0 Å². The molecule has 0 aromatic heterocycles. The molecule has 0 N–H and O–H groups in total.